The molecule has 1 aliphatic rings. The highest BCUT2D eigenvalue weighted by Gasteiger charge is 2.26. The molecule has 1 fully saturated rings. The third-order valence-corrected chi connectivity index (χ3v) is 7.09. The second-order valence-electron chi connectivity index (χ2n) is 7.63. The summed E-state index contributed by atoms with van der Waals surface area (Å²) in [5.74, 6) is 0.191. The van der Waals surface area contributed by atoms with E-state index in [4.69, 9.17) is 0 Å². The Kier molecular flexibility index (Phi) is 9.49. The topological polar surface area (TPSA) is 56.7 Å². The molecule has 2 N–H and O–H groups in total. The summed E-state index contributed by atoms with van der Waals surface area (Å²) >= 11 is 0. The van der Waals surface area contributed by atoms with Gasteiger partial charge < -0.3 is 15.5 Å². The Labute approximate surface area is 175 Å². The van der Waals surface area contributed by atoms with Gasteiger partial charge in [-0.25, -0.2) is 8.78 Å². The van der Waals surface area contributed by atoms with Crippen molar-refractivity contribution in [3.05, 3.63) is 35.4 Å². The monoisotopic (exact) mass is 428 g/mol. The average Bonchev–Trinajstić information content (AvgIpc) is 2.69. The van der Waals surface area contributed by atoms with Crippen LogP contribution in [0.15, 0.2) is 23.2 Å². The van der Waals surface area contributed by atoms with Crippen LogP contribution in [0.25, 0.3) is 0 Å². The summed E-state index contributed by atoms with van der Waals surface area (Å²) in [5, 5.41) is 6.88. The smallest absolute Gasteiger partial charge is 0.191 e. The minimum absolute atomic E-state index is 0.0353. The molecule has 0 amide bonds. The van der Waals surface area contributed by atoms with Crippen molar-refractivity contribution < 1.29 is 13.0 Å². The average molecular weight is 429 g/mol. The first kappa shape index (κ1) is 23.7. The van der Waals surface area contributed by atoms with Gasteiger partial charge in [-0.3, -0.25) is 9.20 Å². The summed E-state index contributed by atoms with van der Waals surface area (Å²) in [7, 11) is 2.79. The van der Waals surface area contributed by atoms with Crippen molar-refractivity contribution in [1.29, 1.82) is 0 Å². The molecule has 1 saturated carbocycles. The molecule has 4 atom stereocenters. The van der Waals surface area contributed by atoms with Gasteiger partial charge in [0.15, 0.2) is 5.96 Å². The van der Waals surface area contributed by atoms with Crippen LogP contribution in [-0.4, -0.2) is 59.3 Å². The third-order valence-electron chi connectivity index (χ3n) is 5.35. The summed E-state index contributed by atoms with van der Waals surface area (Å²) in [4.78, 5) is 6.39. The molecule has 0 aliphatic heterocycles. The van der Waals surface area contributed by atoms with Gasteiger partial charge in [-0.05, 0) is 52.4 Å². The molecule has 164 valence electrons. The van der Waals surface area contributed by atoms with Crippen molar-refractivity contribution in [1.82, 2.24) is 15.5 Å². The summed E-state index contributed by atoms with van der Waals surface area (Å²) in [5.41, 5.74) is 0.0353. The molecule has 0 saturated heterocycles. The molecule has 8 heteroatoms. The minimum Gasteiger partial charge on any atom is -0.357 e. The van der Waals surface area contributed by atoms with Gasteiger partial charge in [-0.15, -0.1) is 0 Å². The predicted molar refractivity (Wildman–Crippen MR) is 117 cm³/mol. The molecular weight excluding hydrogens is 394 g/mol. The highest BCUT2D eigenvalue weighted by molar-refractivity contribution is 7.85. The molecule has 0 aromatic heterocycles. The maximum absolute atomic E-state index is 14.3. The van der Waals surface area contributed by atoms with E-state index < -0.39 is 28.5 Å². The van der Waals surface area contributed by atoms with Crippen LogP contribution in [0, 0.1) is 11.6 Å². The van der Waals surface area contributed by atoms with Gasteiger partial charge in [-0.2, -0.15) is 0 Å². The van der Waals surface area contributed by atoms with E-state index in [9.17, 15) is 13.0 Å². The number of rotatable bonds is 8. The molecule has 1 aliphatic carbocycles. The molecular formula is C21H34F2N4OS. The summed E-state index contributed by atoms with van der Waals surface area (Å²) in [6, 6.07) is 3.61. The Balaban J connectivity index is 2.13. The molecule has 29 heavy (non-hydrogen) atoms. The van der Waals surface area contributed by atoms with Gasteiger partial charge in [0, 0.05) is 40.0 Å². The van der Waals surface area contributed by atoms with Gasteiger partial charge in [0.1, 0.15) is 11.6 Å². The van der Waals surface area contributed by atoms with Gasteiger partial charge in [0.05, 0.1) is 12.6 Å². The van der Waals surface area contributed by atoms with E-state index in [0.717, 1.165) is 25.7 Å². The summed E-state index contributed by atoms with van der Waals surface area (Å²) < 4.78 is 40.8. The number of nitrogens with one attached hydrogen (secondary N) is 2. The summed E-state index contributed by atoms with van der Waals surface area (Å²) in [6.07, 6.45) is 3.89. The Morgan fingerprint density at radius 2 is 1.97 bits per heavy atom. The lowest BCUT2D eigenvalue weighted by molar-refractivity contribution is 0.289. The van der Waals surface area contributed by atoms with E-state index in [0.29, 0.717) is 18.3 Å². The fourth-order valence-electron chi connectivity index (χ4n) is 3.78. The fraction of sp³-hybridized carbons (Fsp3) is 0.667. The number of halogens is 2. The molecule has 0 bridgehead atoms. The highest BCUT2D eigenvalue weighted by Crippen LogP contribution is 2.25. The maximum Gasteiger partial charge on any atom is 0.191 e. The number of hydrogen-bond acceptors (Lipinski definition) is 3. The van der Waals surface area contributed by atoms with Crippen molar-refractivity contribution >= 4 is 16.8 Å². The number of nitrogens with zero attached hydrogens (tertiary/aromatic N) is 2. The van der Waals surface area contributed by atoms with Gasteiger partial charge in [0.25, 0.3) is 0 Å². The zero-order valence-corrected chi connectivity index (χ0v) is 18.7. The quantitative estimate of drug-likeness (QED) is 0.493. The van der Waals surface area contributed by atoms with Crippen molar-refractivity contribution in [2.24, 2.45) is 4.99 Å². The van der Waals surface area contributed by atoms with E-state index >= 15 is 0 Å². The predicted octanol–water partition coefficient (Wildman–Crippen LogP) is 3.20. The van der Waals surface area contributed by atoms with Gasteiger partial charge in [-0.1, -0.05) is 19.4 Å². The van der Waals surface area contributed by atoms with Crippen molar-refractivity contribution in [3.8, 4) is 0 Å². The van der Waals surface area contributed by atoms with Crippen LogP contribution in [0.2, 0.25) is 0 Å². The fourth-order valence-corrected chi connectivity index (χ4v) is 5.13. The zero-order chi connectivity index (χ0) is 21.4. The van der Waals surface area contributed by atoms with Crippen molar-refractivity contribution in [3.63, 3.8) is 0 Å². The van der Waals surface area contributed by atoms with E-state index in [1.165, 1.54) is 18.2 Å². The van der Waals surface area contributed by atoms with Gasteiger partial charge in [0.2, 0.25) is 0 Å². The third kappa shape index (κ3) is 6.74. The van der Waals surface area contributed by atoms with Crippen LogP contribution in [0.4, 0.5) is 8.78 Å². The first-order valence-corrected chi connectivity index (χ1v) is 11.8. The molecule has 5 nitrogen and oxygen atoms in total. The maximum atomic E-state index is 14.3. The van der Waals surface area contributed by atoms with Crippen LogP contribution in [0.3, 0.4) is 0 Å². The number of likely N-dealkylation sites (N-methyl/N-ethyl adjacent to an activating group) is 1. The second kappa shape index (κ2) is 11.6. The number of hydrogen-bond donors (Lipinski definition) is 2. The second-order valence-corrected chi connectivity index (χ2v) is 9.64. The standard InChI is InChI=1S/C21H34F2N4OS/c1-5-24-21(26-15-9-7-10-16(13-15)29(28)6-2)25-14-19(27(3)4)20-17(22)11-8-12-18(20)23/h8,11-12,15-16,19H,5-7,9-10,13-14H2,1-4H3,(H2,24,25,26). The lowest BCUT2D eigenvalue weighted by atomic mass is 9.95. The number of guanidine groups is 1. The van der Waals surface area contributed by atoms with E-state index in [1.54, 1.807) is 19.0 Å². The van der Waals surface area contributed by atoms with E-state index in [1.807, 2.05) is 13.8 Å². The Morgan fingerprint density at radius 3 is 2.55 bits per heavy atom. The Morgan fingerprint density at radius 1 is 1.28 bits per heavy atom. The van der Waals surface area contributed by atoms with Crippen molar-refractivity contribution in [2.75, 3.05) is 32.9 Å². The highest BCUT2D eigenvalue weighted by atomic mass is 32.2. The van der Waals surface area contributed by atoms with Crippen LogP contribution >= 0.6 is 0 Å². The SMILES string of the molecule is CCNC(=NCC(c1c(F)cccc1F)N(C)C)NC1CCCC(S(=O)CC)C1. The zero-order valence-electron chi connectivity index (χ0n) is 17.9. The first-order chi connectivity index (χ1) is 13.9. The van der Waals surface area contributed by atoms with Crippen LogP contribution in [0.5, 0.6) is 0 Å². The van der Waals surface area contributed by atoms with E-state index in [-0.39, 0.29) is 23.4 Å². The van der Waals surface area contributed by atoms with Gasteiger partial charge >= 0.3 is 0 Å². The largest absolute Gasteiger partial charge is 0.357 e. The lowest BCUT2D eigenvalue weighted by Crippen LogP contribution is -2.47. The van der Waals surface area contributed by atoms with Crippen molar-refractivity contribution in [2.45, 2.75) is 56.9 Å². The number of aliphatic imine (C=N–C) groups is 1. The van der Waals surface area contributed by atoms with Crippen LogP contribution < -0.4 is 10.6 Å². The molecule has 2 rings (SSSR count). The normalized spacial score (nSPS) is 22.4. The Bertz CT molecular complexity index is 694. The first-order valence-electron chi connectivity index (χ1n) is 10.4. The molecule has 0 radical (unpaired) electrons. The lowest BCUT2D eigenvalue weighted by Gasteiger charge is -2.30. The molecule has 4 unspecified atom stereocenters. The molecule has 0 spiro atoms. The van der Waals surface area contributed by atoms with Crippen LogP contribution in [-0.2, 0) is 10.8 Å². The summed E-state index contributed by atoms with van der Waals surface area (Å²) in [6.45, 7) is 4.84. The molecule has 1 aromatic rings. The number of benzene rings is 1. The molecule has 1 aromatic carbocycles. The minimum atomic E-state index is -0.790. The van der Waals surface area contributed by atoms with E-state index in [2.05, 4.69) is 15.6 Å². The van der Waals surface area contributed by atoms with Crippen LogP contribution in [0.1, 0.15) is 51.1 Å². The Hall–Kier alpha value is -1.54. The molecule has 0 heterocycles.